The number of imide groups is 1. The van der Waals surface area contributed by atoms with Gasteiger partial charge < -0.3 is 19.7 Å². The van der Waals surface area contributed by atoms with E-state index in [0.29, 0.717) is 25.3 Å². The van der Waals surface area contributed by atoms with Crippen LogP contribution in [-0.2, 0) is 25.7 Å². The summed E-state index contributed by atoms with van der Waals surface area (Å²) < 4.78 is 9.82. The fourth-order valence-electron chi connectivity index (χ4n) is 3.97. The number of esters is 1. The SMILES string of the molecule is COC(=O)CC1CCN(C(=O)CC[C@H]2NC(=O)N(Cc3ccc(OC)cc3)C2=O)CC1. The van der Waals surface area contributed by atoms with Crippen LogP contribution in [0.2, 0.25) is 0 Å². The number of likely N-dealkylation sites (tertiary alicyclic amines) is 1. The highest BCUT2D eigenvalue weighted by molar-refractivity contribution is 6.04. The number of carbonyl (C=O) groups excluding carboxylic acids is 4. The Kier molecular flexibility index (Phi) is 7.49. The first kappa shape index (κ1) is 22.6. The molecule has 4 amide bonds. The number of nitrogens with one attached hydrogen (secondary N) is 1. The number of urea groups is 1. The molecule has 1 aromatic carbocycles. The molecule has 2 fully saturated rings. The molecule has 0 bridgehead atoms. The number of amides is 4. The molecule has 3 rings (SSSR count). The summed E-state index contributed by atoms with van der Waals surface area (Å²) in [6.07, 6.45) is 2.36. The van der Waals surface area contributed by atoms with Crippen molar-refractivity contribution in [1.82, 2.24) is 15.1 Å². The van der Waals surface area contributed by atoms with Gasteiger partial charge in [0.1, 0.15) is 11.8 Å². The van der Waals surface area contributed by atoms with Crippen molar-refractivity contribution >= 4 is 23.8 Å². The summed E-state index contributed by atoms with van der Waals surface area (Å²) in [7, 11) is 2.95. The van der Waals surface area contributed by atoms with E-state index >= 15 is 0 Å². The number of methoxy groups -OCH3 is 2. The monoisotopic (exact) mass is 431 g/mol. The Morgan fingerprint density at radius 2 is 1.77 bits per heavy atom. The van der Waals surface area contributed by atoms with Gasteiger partial charge in [-0.1, -0.05) is 12.1 Å². The Hall–Kier alpha value is -3.10. The molecular formula is C22H29N3O6. The van der Waals surface area contributed by atoms with Gasteiger partial charge in [0.15, 0.2) is 0 Å². The Bertz CT molecular complexity index is 817. The van der Waals surface area contributed by atoms with Crippen LogP contribution in [0.5, 0.6) is 5.75 Å². The normalized spacial score (nSPS) is 19.4. The molecule has 2 aliphatic heterocycles. The van der Waals surface area contributed by atoms with Gasteiger partial charge in [0, 0.05) is 25.9 Å². The van der Waals surface area contributed by atoms with E-state index in [2.05, 4.69) is 5.32 Å². The highest BCUT2D eigenvalue weighted by atomic mass is 16.5. The number of hydrogen-bond donors (Lipinski definition) is 1. The highest BCUT2D eigenvalue weighted by Crippen LogP contribution is 2.22. The summed E-state index contributed by atoms with van der Waals surface area (Å²) in [6.45, 7) is 1.36. The molecular weight excluding hydrogens is 402 g/mol. The van der Waals surface area contributed by atoms with Crippen LogP contribution >= 0.6 is 0 Å². The van der Waals surface area contributed by atoms with Crippen LogP contribution in [-0.4, -0.2) is 67.0 Å². The van der Waals surface area contributed by atoms with Crippen molar-refractivity contribution < 1.29 is 28.7 Å². The molecule has 31 heavy (non-hydrogen) atoms. The van der Waals surface area contributed by atoms with E-state index in [1.165, 1.54) is 12.0 Å². The molecule has 1 atom stereocenters. The lowest BCUT2D eigenvalue weighted by Gasteiger charge is -2.31. The molecule has 1 N–H and O–H groups in total. The number of piperidine rings is 1. The third-order valence-corrected chi connectivity index (χ3v) is 5.90. The maximum Gasteiger partial charge on any atom is 0.325 e. The predicted molar refractivity (Wildman–Crippen MR) is 111 cm³/mol. The van der Waals surface area contributed by atoms with E-state index in [0.717, 1.165) is 18.4 Å². The minimum atomic E-state index is -0.688. The third kappa shape index (κ3) is 5.74. The van der Waals surface area contributed by atoms with E-state index in [1.54, 1.807) is 36.3 Å². The molecule has 0 aromatic heterocycles. The lowest BCUT2D eigenvalue weighted by molar-refractivity contribution is -0.142. The summed E-state index contributed by atoms with van der Waals surface area (Å²) in [5.41, 5.74) is 0.816. The minimum absolute atomic E-state index is 0.0350. The van der Waals surface area contributed by atoms with Crippen molar-refractivity contribution in [2.75, 3.05) is 27.3 Å². The van der Waals surface area contributed by atoms with Gasteiger partial charge in [0.25, 0.3) is 5.91 Å². The summed E-state index contributed by atoms with van der Waals surface area (Å²) in [4.78, 5) is 51.8. The van der Waals surface area contributed by atoms with Crippen molar-refractivity contribution in [3.8, 4) is 5.75 Å². The van der Waals surface area contributed by atoms with Crippen LogP contribution < -0.4 is 10.1 Å². The van der Waals surface area contributed by atoms with Crippen molar-refractivity contribution in [2.24, 2.45) is 5.92 Å². The van der Waals surface area contributed by atoms with E-state index in [1.807, 2.05) is 0 Å². The minimum Gasteiger partial charge on any atom is -0.497 e. The van der Waals surface area contributed by atoms with E-state index < -0.39 is 12.1 Å². The lowest BCUT2D eigenvalue weighted by Crippen LogP contribution is -2.40. The average Bonchev–Trinajstić information content (AvgIpc) is 3.05. The number of carbonyl (C=O) groups is 4. The van der Waals surface area contributed by atoms with Gasteiger partial charge in [-0.05, 0) is 42.9 Å². The predicted octanol–water partition coefficient (Wildman–Crippen LogP) is 1.70. The fraction of sp³-hybridized carbons (Fsp3) is 0.545. The molecule has 9 nitrogen and oxygen atoms in total. The Labute approximate surface area is 181 Å². The van der Waals surface area contributed by atoms with Crippen molar-refractivity contribution in [2.45, 2.75) is 44.7 Å². The first-order valence-corrected chi connectivity index (χ1v) is 10.5. The second kappa shape index (κ2) is 10.3. The number of rotatable bonds is 8. The quantitative estimate of drug-likeness (QED) is 0.496. The van der Waals surface area contributed by atoms with Gasteiger partial charge in [-0.15, -0.1) is 0 Å². The van der Waals surface area contributed by atoms with Crippen LogP contribution in [0.1, 0.15) is 37.7 Å². The molecule has 168 valence electrons. The smallest absolute Gasteiger partial charge is 0.325 e. The van der Waals surface area contributed by atoms with Gasteiger partial charge in [-0.2, -0.15) is 0 Å². The zero-order chi connectivity index (χ0) is 22.4. The molecule has 2 aliphatic rings. The molecule has 9 heteroatoms. The largest absolute Gasteiger partial charge is 0.497 e. The van der Waals surface area contributed by atoms with Crippen LogP contribution in [0.4, 0.5) is 4.79 Å². The Morgan fingerprint density at radius 1 is 1.10 bits per heavy atom. The lowest BCUT2D eigenvalue weighted by atomic mass is 9.93. The fourth-order valence-corrected chi connectivity index (χ4v) is 3.97. The van der Waals surface area contributed by atoms with E-state index in [-0.39, 0.29) is 43.1 Å². The van der Waals surface area contributed by atoms with Crippen molar-refractivity contribution in [1.29, 1.82) is 0 Å². The average molecular weight is 431 g/mol. The Morgan fingerprint density at radius 3 is 2.39 bits per heavy atom. The topological polar surface area (TPSA) is 105 Å². The number of ether oxygens (including phenoxy) is 2. The maximum atomic E-state index is 12.7. The standard InChI is InChI=1S/C22H29N3O6/c1-30-17-5-3-16(4-6-17)14-25-21(28)18(23-22(25)29)7-8-19(26)24-11-9-15(10-12-24)13-20(27)31-2/h3-6,15,18H,7-14H2,1-2H3,(H,23,29)/t18-/m1/s1. The molecule has 2 saturated heterocycles. The number of nitrogens with zero attached hydrogens (tertiary/aromatic N) is 2. The van der Waals surface area contributed by atoms with E-state index in [4.69, 9.17) is 9.47 Å². The molecule has 1 aromatic rings. The molecule has 0 spiro atoms. The highest BCUT2D eigenvalue weighted by Gasteiger charge is 2.38. The van der Waals surface area contributed by atoms with Gasteiger partial charge in [0.2, 0.25) is 5.91 Å². The molecule has 0 aliphatic carbocycles. The van der Waals surface area contributed by atoms with Gasteiger partial charge in [-0.3, -0.25) is 19.3 Å². The zero-order valence-electron chi connectivity index (χ0n) is 18.0. The van der Waals surface area contributed by atoms with Gasteiger partial charge >= 0.3 is 12.0 Å². The molecule has 0 saturated carbocycles. The van der Waals surface area contributed by atoms with Crippen LogP contribution in [0.25, 0.3) is 0 Å². The van der Waals surface area contributed by atoms with Gasteiger partial charge in [0.05, 0.1) is 20.8 Å². The second-order valence-electron chi connectivity index (χ2n) is 7.92. The maximum absolute atomic E-state index is 12.7. The van der Waals surface area contributed by atoms with Gasteiger partial charge in [-0.25, -0.2) is 4.79 Å². The summed E-state index contributed by atoms with van der Waals surface area (Å²) in [6, 6.07) is 6.03. The molecule has 2 heterocycles. The first-order chi connectivity index (χ1) is 14.9. The number of hydrogen-bond acceptors (Lipinski definition) is 6. The van der Waals surface area contributed by atoms with E-state index in [9.17, 15) is 19.2 Å². The third-order valence-electron chi connectivity index (χ3n) is 5.90. The first-order valence-electron chi connectivity index (χ1n) is 10.5. The summed E-state index contributed by atoms with van der Waals surface area (Å²) >= 11 is 0. The van der Waals surface area contributed by atoms with Crippen molar-refractivity contribution in [3.63, 3.8) is 0 Å². The van der Waals surface area contributed by atoms with Crippen LogP contribution in [0.3, 0.4) is 0 Å². The second-order valence-corrected chi connectivity index (χ2v) is 7.92. The van der Waals surface area contributed by atoms with Crippen LogP contribution in [0, 0.1) is 5.92 Å². The van der Waals surface area contributed by atoms with Crippen LogP contribution in [0.15, 0.2) is 24.3 Å². The zero-order valence-corrected chi connectivity index (χ0v) is 18.0. The Balaban J connectivity index is 1.45. The molecule has 0 unspecified atom stereocenters. The molecule has 0 radical (unpaired) electrons. The summed E-state index contributed by atoms with van der Waals surface area (Å²) in [5.74, 6) is 0.363. The van der Waals surface area contributed by atoms with Crippen molar-refractivity contribution in [3.05, 3.63) is 29.8 Å². The summed E-state index contributed by atoms with van der Waals surface area (Å²) in [5, 5.41) is 2.68. The number of benzene rings is 1.